The second-order valence-corrected chi connectivity index (χ2v) is 4.22. The van der Waals surface area contributed by atoms with Crippen LogP contribution in [0, 0.1) is 0 Å². The smallest absolute Gasteiger partial charge is 0.331 e. The van der Waals surface area contributed by atoms with Gasteiger partial charge in [0.05, 0.1) is 19.8 Å². The van der Waals surface area contributed by atoms with Gasteiger partial charge in [0.15, 0.2) is 6.04 Å². The number of rotatable bonds is 4. The minimum Gasteiger partial charge on any atom is -0.464 e. The molecule has 1 rings (SSSR count). The Morgan fingerprint density at radius 3 is 2.78 bits per heavy atom. The fourth-order valence-corrected chi connectivity index (χ4v) is 1.70. The lowest BCUT2D eigenvalue weighted by atomic mass is 10.2. The summed E-state index contributed by atoms with van der Waals surface area (Å²) < 4.78 is 10.2. The minimum atomic E-state index is -0.618. The van der Waals surface area contributed by atoms with Crippen molar-refractivity contribution in [3.63, 3.8) is 0 Å². The lowest BCUT2D eigenvalue weighted by Gasteiger charge is -2.33. The van der Waals surface area contributed by atoms with Crippen LogP contribution in [0.2, 0.25) is 0 Å². The van der Waals surface area contributed by atoms with Gasteiger partial charge in [-0.1, -0.05) is 12.5 Å². The summed E-state index contributed by atoms with van der Waals surface area (Å²) >= 11 is 0. The van der Waals surface area contributed by atoms with Gasteiger partial charge in [0.25, 0.3) is 0 Å². The van der Waals surface area contributed by atoms with Crippen LogP contribution in [0.3, 0.4) is 0 Å². The van der Waals surface area contributed by atoms with Crippen molar-refractivity contribution in [1.82, 2.24) is 4.90 Å². The number of esters is 1. The predicted octanol–water partition coefficient (Wildman–Crippen LogP) is 1.13. The highest BCUT2D eigenvalue weighted by Crippen LogP contribution is 2.11. The SMILES string of the molecule is CCOC(=O)C1COCCN1C(=O)/C=C(\C)CC. The van der Waals surface area contributed by atoms with E-state index < -0.39 is 12.0 Å². The normalized spacial score (nSPS) is 20.7. The van der Waals surface area contributed by atoms with E-state index in [1.807, 2.05) is 13.8 Å². The van der Waals surface area contributed by atoms with Crippen molar-refractivity contribution in [2.75, 3.05) is 26.4 Å². The Hall–Kier alpha value is -1.36. The number of morpholine rings is 1. The second-order valence-electron chi connectivity index (χ2n) is 4.22. The van der Waals surface area contributed by atoms with Crippen molar-refractivity contribution < 1.29 is 19.1 Å². The van der Waals surface area contributed by atoms with Gasteiger partial charge in [0.2, 0.25) is 5.91 Å². The van der Waals surface area contributed by atoms with Crippen molar-refractivity contribution in [3.8, 4) is 0 Å². The number of nitrogens with zero attached hydrogens (tertiary/aromatic N) is 1. The molecule has 0 N–H and O–H groups in total. The Morgan fingerprint density at radius 2 is 2.17 bits per heavy atom. The molecule has 5 heteroatoms. The predicted molar refractivity (Wildman–Crippen MR) is 67.0 cm³/mol. The molecule has 0 aromatic carbocycles. The van der Waals surface area contributed by atoms with Crippen LogP contribution in [0.5, 0.6) is 0 Å². The molecule has 1 unspecified atom stereocenters. The lowest BCUT2D eigenvalue weighted by Crippen LogP contribution is -2.52. The summed E-state index contributed by atoms with van der Waals surface area (Å²) in [6, 6.07) is -0.618. The summed E-state index contributed by atoms with van der Waals surface area (Å²) in [5.41, 5.74) is 0.995. The molecule has 1 aliphatic rings. The zero-order valence-corrected chi connectivity index (χ0v) is 11.3. The van der Waals surface area contributed by atoms with Crippen LogP contribution < -0.4 is 0 Å². The molecular weight excluding hydrogens is 234 g/mol. The molecule has 0 saturated carbocycles. The number of hydrogen-bond donors (Lipinski definition) is 0. The molecule has 0 radical (unpaired) electrons. The lowest BCUT2D eigenvalue weighted by molar-refractivity contribution is -0.160. The number of carbonyl (C=O) groups is 2. The molecule has 1 heterocycles. The summed E-state index contributed by atoms with van der Waals surface area (Å²) in [6.45, 7) is 7.04. The third-order valence-corrected chi connectivity index (χ3v) is 2.90. The molecule has 18 heavy (non-hydrogen) atoms. The highest BCUT2D eigenvalue weighted by atomic mass is 16.5. The average molecular weight is 255 g/mol. The minimum absolute atomic E-state index is 0.143. The molecule has 0 bridgehead atoms. The van der Waals surface area contributed by atoms with Crippen LogP contribution in [0.4, 0.5) is 0 Å². The Morgan fingerprint density at radius 1 is 1.44 bits per heavy atom. The summed E-state index contributed by atoms with van der Waals surface area (Å²) in [5, 5.41) is 0. The zero-order valence-electron chi connectivity index (χ0n) is 11.3. The molecule has 0 aliphatic carbocycles. The highest BCUT2D eigenvalue weighted by molar-refractivity contribution is 5.92. The van der Waals surface area contributed by atoms with Gasteiger partial charge in [0.1, 0.15) is 0 Å². The maximum absolute atomic E-state index is 12.1. The zero-order chi connectivity index (χ0) is 13.5. The Balaban J connectivity index is 2.76. The van der Waals surface area contributed by atoms with Gasteiger partial charge < -0.3 is 14.4 Å². The van der Waals surface area contributed by atoms with Crippen LogP contribution in [0.25, 0.3) is 0 Å². The highest BCUT2D eigenvalue weighted by Gasteiger charge is 2.33. The molecule has 1 fully saturated rings. The Labute approximate surface area is 108 Å². The number of hydrogen-bond acceptors (Lipinski definition) is 4. The van der Waals surface area contributed by atoms with Crippen molar-refractivity contribution in [3.05, 3.63) is 11.6 Å². The quantitative estimate of drug-likeness (QED) is 0.558. The average Bonchev–Trinajstić information content (AvgIpc) is 2.38. The van der Waals surface area contributed by atoms with Gasteiger partial charge in [-0.25, -0.2) is 4.79 Å². The largest absolute Gasteiger partial charge is 0.464 e. The summed E-state index contributed by atoms with van der Waals surface area (Å²) in [7, 11) is 0. The fourth-order valence-electron chi connectivity index (χ4n) is 1.70. The van der Waals surface area contributed by atoms with E-state index in [0.29, 0.717) is 19.8 Å². The molecule has 102 valence electrons. The number of allylic oxidation sites excluding steroid dienone is 1. The Bertz CT molecular complexity index is 338. The van der Waals surface area contributed by atoms with E-state index in [1.165, 1.54) is 4.90 Å². The maximum Gasteiger partial charge on any atom is 0.331 e. The molecule has 5 nitrogen and oxygen atoms in total. The van der Waals surface area contributed by atoms with Crippen LogP contribution in [-0.4, -0.2) is 49.2 Å². The van der Waals surface area contributed by atoms with Crippen LogP contribution in [-0.2, 0) is 19.1 Å². The van der Waals surface area contributed by atoms with E-state index in [0.717, 1.165) is 12.0 Å². The molecule has 1 aliphatic heterocycles. The first-order valence-corrected chi connectivity index (χ1v) is 6.32. The molecule has 1 atom stereocenters. The second kappa shape index (κ2) is 7.16. The first-order valence-electron chi connectivity index (χ1n) is 6.32. The molecule has 1 amide bonds. The van der Waals surface area contributed by atoms with E-state index in [9.17, 15) is 9.59 Å². The van der Waals surface area contributed by atoms with E-state index in [-0.39, 0.29) is 12.5 Å². The topological polar surface area (TPSA) is 55.8 Å². The molecular formula is C13H21NO4. The van der Waals surface area contributed by atoms with E-state index in [1.54, 1.807) is 13.0 Å². The molecule has 0 aromatic rings. The van der Waals surface area contributed by atoms with Gasteiger partial charge in [-0.2, -0.15) is 0 Å². The first kappa shape index (κ1) is 14.7. The monoisotopic (exact) mass is 255 g/mol. The van der Waals surface area contributed by atoms with Crippen molar-refractivity contribution >= 4 is 11.9 Å². The van der Waals surface area contributed by atoms with Gasteiger partial charge in [0, 0.05) is 12.6 Å². The van der Waals surface area contributed by atoms with Gasteiger partial charge in [-0.15, -0.1) is 0 Å². The first-order chi connectivity index (χ1) is 8.60. The van der Waals surface area contributed by atoms with Gasteiger partial charge in [-0.05, 0) is 20.3 Å². The van der Waals surface area contributed by atoms with E-state index in [4.69, 9.17) is 9.47 Å². The number of amides is 1. The third kappa shape index (κ3) is 3.84. The van der Waals surface area contributed by atoms with E-state index in [2.05, 4.69) is 0 Å². The third-order valence-electron chi connectivity index (χ3n) is 2.90. The Kier molecular flexibility index (Phi) is 5.85. The van der Waals surface area contributed by atoms with Crippen molar-refractivity contribution in [1.29, 1.82) is 0 Å². The van der Waals surface area contributed by atoms with Gasteiger partial charge in [-0.3, -0.25) is 4.79 Å². The maximum atomic E-state index is 12.1. The van der Waals surface area contributed by atoms with Crippen LogP contribution in [0.1, 0.15) is 27.2 Å². The number of carbonyl (C=O) groups excluding carboxylic acids is 2. The van der Waals surface area contributed by atoms with Crippen LogP contribution >= 0.6 is 0 Å². The standard InChI is InChI=1S/C13H21NO4/c1-4-10(3)8-12(15)14-6-7-17-9-11(14)13(16)18-5-2/h8,11H,4-7,9H2,1-3H3/b10-8+. The van der Waals surface area contributed by atoms with Crippen molar-refractivity contribution in [2.24, 2.45) is 0 Å². The molecule has 0 aromatic heterocycles. The fraction of sp³-hybridized carbons (Fsp3) is 0.692. The number of ether oxygens (including phenoxy) is 2. The van der Waals surface area contributed by atoms with Crippen LogP contribution in [0.15, 0.2) is 11.6 Å². The van der Waals surface area contributed by atoms with Gasteiger partial charge >= 0.3 is 5.97 Å². The summed E-state index contributed by atoms with van der Waals surface area (Å²) in [6.07, 6.45) is 2.40. The van der Waals surface area contributed by atoms with Crippen molar-refractivity contribution in [2.45, 2.75) is 33.2 Å². The molecule has 0 spiro atoms. The summed E-state index contributed by atoms with van der Waals surface area (Å²) in [5.74, 6) is -0.538. The summed E-state index contributed by atoms with van der Waals surface area (Å²) in [4.78, 5) is 25.4. The van der Waals surface area contributed by atoms with E-state index >= 15 is 0 Å². The molecule has 1 saturated heterocycles.